The van der Waals surface area contributed by atoms with Crippen LogP contribution >= 0.6 is 11.3 Å². The average Bonchev–Trinajstić information content (AvgIpc) is 3.05. The van der Waals surface area contributed by atoms with Gasteiger partial charge in [-0.1, -0.05) is 36.4 Å². The van der Waals surface area contributed by atoms with E-state index in [1.54, 1.807) is 0 Å². The monoisotopic (exact) mass is 344 g/mol. The minimum absolute atomic E-state index is 0.149. The molecule has 0 saturated carbocycles. The number of amides is 1. The van der Waals surface area contributed by atoms with Gasteiger partial charge in [-0.25, -0.2) is 0 Å². The quantitative estimate of drug-likeness (QED) is 0.763. The Morgan fingerprint density at radius 1 is 1.29 bits per heavy atom. The standard InChI is InChI=1S/C17H20N4O2S/c1-9(2)5-15-19-20-17(24-15)18-14(22)8-12-16-11(4)6-10(3)7-13(16)23-21-12/h6-7,9H,5,8H2,1-4H3,(H,18,20,22). The van der Waals surface area contributed by atoms with Crippen molar-refractivity contribution in [2.45, 2.75) is 40.5 Å². The number of nitrogens with zero attached hydrogens (tertiary/aromatic N) is 3. The molecule has 1 aromatic carbocycles. The highest BCUT2D eigenvalue weighted by Crippen LogP contribution is 2.25. The van der Waals surface area contributed by atoms with Crippen LogP contribution in [0.3, 0.4) is 0 Å². The summed E-state index contributed by atoms with van der Waals surface area (Å²) in [5.41, 5.74) is 3.53. The molecule has 0 spiro atoms. The average molecular weight is 344 g/mol. The molecule has 0 saturated heterocycles. The molecule has 0 aliphatic rings. The van der Waals surface area contributed by atoms with Gasteiger partial charge in [-0.15, -0.1) is 10.2 Å². The van der Waals surface area contributed by atoms with E-state index in [0.717, 1.165) is 27.9 Å². The van der Waals surface area contributed by atoms with Crippen molar-refractivity contribution in [3.8, 4) is 0 Å². The molecule has 0 radical (unpaired) electrons. The lowest BCUT2D eigenvalue weighted by molar-refractivity contribution is -0.115. The summed E-state index contributed by atoms with van der Waals surface area (Å²) < 4.78 is 5.35. The number of carbonyl (C=O) groups is 1. The van der Waals surface area contributed by atoms with Gasteiger partial charge in [-0.3, -0.25) is 4.79 Å². The number of benzene rings is 1. The fraction of sp³-hybridized carbons (Fsp3) is 0.412. The second kappa shape index (κ2) is 6.68. The summed E-state index contributed by atoms with van der Waals surface area (Å²) in [6, 6.07) is 3.99. The number of hydrogen-bond acceptors (Lipinski definition) is 6. The van der Waals surface area contributed by atoms with E-state index in [1.807, 2.05) is 19.9 Å². The van der Waals surface area contributed by atoms with Crippen LogP contribution < -0.4 is 5.32 Å². The molecule has 2 heterocycles. The molecule has 0 aliphatic heterocycles. The summed E-state index contributed by atoms with van der Waals surface area (Å²) in [4.78, 5) is 12.3. The Bertz CT molecular complexity index is 882. The van der Waals surface area contributed by atoms with Gasteiger partial charge < -0.3 is 9.84 Å². The molecule has 3 aromatic rings. The van der Waals surface area contributed by atoms with Crippen molar-refractivity contribution in [2.24, 2.45) is 5.92 Å². The SMILES string of the molecule is Cc1cc(C)c2c(CC(=O)Nc3nnc(CC(C)C)s3)noc2c1. The minimum atomic E-state index is -0.169. The molecule has 0 fully saturated rings. The lowest BCUT2D eigenvalue weighted by Gasteiger charge is -2.01. The maximum Gasteiger partial charge on any atom is 0.232 e. The zero-order valence-corrected chi connectivity index (χ0v) is 15.0. The van der Waals surface area contributed by atoms with E-state index in [0.29, 0.717) is 22.3 Å². The summed E-state index contributed by atoms with van der Waals surface area (Å²) in [6.07, 6.45) is 1.01. The molecule has 0 bridgehead atoms. The van der Waals surface area contributed by atoms with Crippen LogP contribution in [0.5, 0.6) is 0 Å². The van der Waals surface area contributed by atoms with Gasteiger partial charge in [0.05, 0.1) is 6.42 Å². The number of nitrogens with one attached hydrogen (secondary N) is 1. The Morgan fingerprint density at radius 3 is 2.83 bits per heavy atom. The van der Waals surface area contributed by atoms with E-state index >= 15 is 0 Å². The highest BCUT2D eigenvalue weighted by Gasteiger charge is 2.16. The van der Waals surface area contributed by atoms with E-state index in [9.17, 15) is 4.79 Å². The third-order valence-electron chi connectivity index (χ3n) is 3.61. The molecule has 6 nitrogen and oxygen atoms in total. The fourth-order valence-corrected chi connectivity index (χ4v) is 3.66. The van der Waals surface area contributed by atoms with Crippen LogP contribution in [-0.4, -0.2) is 21.3 Å². The number of hydrogen-bond donors (Lipinski definition) is 1. The van der Waals surface area contributed by atoms with E-state index in [4.69, 9.17) is 4.52 Å². The first kappa shape index (κ1) is 16.6. The maximum absolute atomic E-state index is 12.3. The van der Waals surface area contributed by atoms with Crippen molar-refractivity contribution in [3.63, 3.8) is 0 Å². The van der Waals surface area contributed by atoms with Crippen molar-refractivity contribution < 1.29 is 9.32 Å². The number of aromatic nitrogens is 3. The third-order valence-corrected chi connectivity index (χ3v) is 4.47. The fourth-order valence-electron chi connectivity index (χ4n) is 2.69. The van der Waals surface area contributed by atoms with Crippen molar-refractivity contribution in [1.29, 1.82) is 0 Å². The van der Waals surface area contributed by atoms with E-state index < -0.39 is 0 Å². The Labute approximate surface area is 144 Å². The summed E-state index contributed by atoms with van der Waals surface area (Å²) >= 11 is 1.41. The predicted octanol–water partition coefficient (Wildman–Crippen LogP) is 3.68. The van der Waals surface area contributed by atoms with E-state index in [1.165, 1.54) is 11.3 Å². The molecule has 0 aliphatic carbocycles. The molecule has 2 aromatic heterocycles. The summed E-state index contributed by atoms with van der Waals surface area (Å²) in [7, 11) is 0. The van der Waals surface area contributed by atoms with Gasteiger partial charge in [-0.2, -0.15) is 0 Å². The van der Waals surface area contributed by atoms with Crippen molar-refractivity contribution in [1.82, 2.24) is 15.4 Å². The van der Waals surface area contributed by atoms with Gasteiger partial charge in [0.2, 0.25) is 11.0 Å². The molecule has 3 rings (SSSR count). The number of aryl methyl sites for hydroxylation is 2. The molecular weight excluding hydrogens is 324 g/mol. The van der Waals surface area contributed by atoms with Gasteiger partial charge in [-0.05, 0) is 37.0 Å². The number of fused-ring (bicyclic) bond motifs is 1. The summed E-state index contributed by atoms with van der Waals surface area (Å²) in [5, 5.41) is 17.3. The lowest BCUT2D eigenvalue weighted by atomic mass is 10.0. The summed E-state index contributed by atoms with van der Waals surface area (Å²) in [5.74, 6) is 0.340. The molecule has 1 amide bonds. The first-order valence-corrected chi connectivity index (χ1v) is 8.71. The second-order valence-corrected chi connectivity index (χ2v) is 7.47. The van der Waals surface area contributed by atoms with Gasteiger partial charge in [0.25, 0.3) is 0 Å². The topological polar surface area (TPSA) is 80.9 Å². The summed E-state index contributed by atoms with van der Waals surface area (Å²) in [6.45, 7) is 8.25. The first-order chi connectivity index (χ1) is 11.4. The Hall–Kier alpha value is -2.28. The zero-order valence-electron chi connectivity index (χ0n) is 14.2. The third kappa shape index (κ3) is 3.62. The zero-order chi connectivity index (χ0) is 17.3. The smallest absolute Gasteiger partial charge is 0.232 e. The molecule has 7 heteroatoms. The van der Waals surface area contributed by atoms with Crippen LogP contribution in [0, 0.1) is 19.8 Å². The first-order valence-electron chi connectivity index (χ1n) is 7.90. The van der Waals surface area contributed by atoms with Crippen LogP contribution in [-0.2, 0) is 17.6 Å². The largest absolute Gasteiger partial charge is 0.356 e. The van der Waals surface area contributed by atoms with Crippen molar-refractivity contribution in [2.75, 3.05) is 5.32 Å². The second-order valence-electron chi connectivity index (χ2n) is 6.41. The molecule has 1 N–H and O–H groups in total. The van der Waals surface area contributed by atoms with Gasteiger partial charge in [0, 0.05) is 11.8 Å². The Morgan fingerprint density at radius 2 is 2.08 bits per heavy atom. The van der Waals surface area contributed by atoms with Crippen LogP contribution in [0.25, 0.3) is 11.0 Å². The van der Waals surface area contributed by atoms with Crippen LogP contribution in [0.4, 0.5) is 5.13 Å². The normalized spacial score (nSPS) is 11.4. The molecule has 0 unspecified atom stereocenters. The predicted molar refractivity (Wildman–Crippen MR) is 94.3 cm³/mol. The number of anilines is 1. The highest BCUT2D eigenvalue weighted by atomic mass is 32.1. The Kier molecular flexibility index (Phi) is 4.62. The maximum atomic E-state index is 12.3. The van der Waals surface area contributed by atoms with E-state index in [2.05, 4.69) is 40.6 Å². The van der Waals surface area contributed by atoms with Crippen LogP contribution in [0.1, 0.15) is 35.7 Å². The number of carbonyl (C=O) groups excluding carboxylic acids is 1. The van der Waals surface area contributed by atoms with E-state index in [-0.39, 0.29) is 12.3 Å². The van der Waals surface area contributed by atoms with Crippen LogP contribution in [0.15, 0.2) is 16.7 Å². The minimum Gasteiger partial charge on any atom is -0.356 e. The van der Waals surface area contributed by atoms with Crippen LogP contribution in [0.2, 0.25) is 0 Å². The molecule has 0 atom stereocenters. The van der Waals surface area contributed by atoms with Gasteiger partial charge in [0.1, 0.15) is 10.7 Å². The molecular formula is C17H20N4O2S. The lowest BCUT2D eigenvalue weighted by Crippen LogP contribution is -2.14. The van der Waals surface area contributed by atoms with Crippen molar-refractivity contribution >= 4 is 33.3 Å². The van der Waals surface area contributed by atoms with Gasteiger partial charge in [0.15, 0.2) is 5.58 Å². The van der Waals surface area contributed by atoms with Gasteiger partial charge >= 0.3 is 0 Å². The highest BCUT2D eigenvalue weighted by molar-refractivity contribution is 7.15. The number of rotatable bonds is 5. The van der Waals surface area contributed by atoms with Crippen molar-refractivity contribution in [3.05, 3.63) is 34.0 Å². The molecule has 24 heavy (non-hydrogen) atoms. The molecule has 126 valence electrons. The Balaban J connectivity index is 1.72.